The summed E-state index contributed by atoms with van der Waals surface area (Å²) in [6, 6.07) is 27.7. The van der Waals surface area contributed by atoms with Gasteiger partial charge in [0.2, 0.25) is 0 Å². The molecule has 4 aromatic rings. The van der Waals surface area contributed by atoms with E-state index in [1.807, 2.05) is 31.2 Å². The first-order chi connectivity index (χ1) is 16.5. The Bertz CT molecular complexity index is 1260. The third-order valence-electron chi connectivity index (χ3n) is 4.89. The second kappa shape index (κ2) is 10.4. The summed E-state index contributed by atoms with van der Waals surface area (Å²) >= 11 is 0. The van der Waals surface area contributed by atoms with E-state index in [1.54, 1.807) is 72.8 Å². The molecule has 0 radical (unpaired) electrons. The van der Waals surface area contributed by atoms with Gasteiger partial charge in [-0.2, -0.15) is 0 Å². The summed E-state index contributed by atoms with van der Waals surface area (Å²) in [5.41, 5.74) is 1.97. The van der Waals surface area contributed by atoms with Crippen molar-refractivity contribution in [2.45, 2.75) is 6.92 Å². The number of benzene rings is 4. The highest BCUT2D eigenvalue weighted by atomic mass is 16.5. The maximum Gasteiger partial charge on any atom is 0.343 e. The second-order valence-corrected chi connectivity index (χ2v) is 7.42. The second-order valence-electron chi connectivity index (χ2n) is 7.42. The lowest BCUT2D eigenvalue weighted by Gasteiger charge is -2.09. The first-order valence-electron chi connectivity index (χ1n) is 10.5. The van der Waals surface area contributed by atoms with Crippen molar-refractivity contribution in [1.29, 1.82) is 0 Å². The van der Waals surface area contributed by atoms with Crippen molar-refractivity contribution in [2.75, 3.05) is 7.11 Å². The quantitative estimate of drug-likeness (QED) is 0.232. The van der Waals surface area contributed by atoms with Crippen molar-refractivity contribution in [3.8, 4) is 28.7 Å². The van der Waals surface area contributed by atoms with E-state index in [1.165, 1.54) is 7.11 Å². The van der Waals surface area contributed by atoms with Crippen LogP contribution in [-0.4, -0.2) is 19.0 Å². The highest BCUT2D eigenvalue weighted by Gasteiger charge is 2.10. The third-order valence-corrected chi connectivity index (χ3v) is 4.89. The molecule has 0 N–H and O–H groups in total. The van der Waals surface area contributed by atoms with Gasteiger partial charge in [0.1, 0.15) is 28.7 Å². The highest BCUT2D eigenvalue weighted by molar-refractivity contribution is 5.91. The maximum absolute atomic E-state index is 12.5. The van der Waals surface area contributed by atoms with Crippen molar-refractivity contribution in [1.82, 2.24) is 0 Å². The number of hydrogen-bond donors (Lipinski definition) is 0. The molecule has 0 saturated heterocycles. The van der Waals surface area contributed by atoms with Gasteiger partial charge in [0, 0.05) is 0 Å². The number of esters is 2. The van der Waals surface area contributed by atoms with E-state index in [4.69, 9.17) is 14.2 Å². The SMILES string of the molecule is COC(=O)c1ccc(Oc2ccc(C(=O)Oc3ccc(Oc4ccc(C)cc4)cc3)cc2)cc1. The van der Waals surface area contributed by atoms with Crippen LogP contribution < -0.4 is 14.2 Å². The molecule has 6 heteroatoms. The van der Waals surface area contributed by atoms with Gasteiger partial charge in [-0.1, -0.05) is 17.7 Å². The van der Waals surface area contributed by atoms with Gasteiger partial charge in [-0.15, -0.1) is 0 Å². The van der Waals surface area contributed by atoms with Crippen molar-refractivity contribution in [3.63, 3.8) is 0 Å². The Kier molecular flexibility index (Phi) is 6.89. The van der Waals surface area contributed by atoms with Gasteiger partial charge in [0.25, 0.3) is 0 Å². The summed E-state index contributed by atoms with van der Waals surface area (Å²) in [5.74, 6) is 1.98. The summed E-state index contributed by atoms with van der Waals surface area (Å²) in [6.45, 7) is 2.01. The van der Waals surface area contributed by atoms with Crippen LogP contribution in [0.2, 0.25) is 0 Å². The Morgan fingerprint density at radius 3 is 1.29 bits per heavy atom. The van der Waals surface area contributed by atoms with Crippen LogP contribution in [0.4, 0.5) is 0 Å². The minimum absolute atomic E-state index is 0.383. The Morgan fingerprint density at radius 1 is 0.500 bits per heavy atom. The van der Waals surface area contributed by atoms with Gasteiger partial charge in [0.05, 0.1) is 18.2 Å². The normalized spacial score (nSPS) is 10.3. The molecule has 0 amide bonds. The van der Waals surface area contributed by atoms with Crippen LogP contribution in [-0.2, 0) is 4.74 Å². The zero-order valence-corrected chi connectivity index (χ0v) is 18.7. The molecule has 0 spiro atoms. The van der Waals surface area contributed by atoms with Crippen LogP contribution in [0, 0.1) is 6.92 Å². The highest BCUT2D eigenvalue weighted by Crippen LogP contribution is 2.26. The van der Waals surface area contributed by atoms with Crippen molar-refractivity contribution in [2.24, 2.45) is 0 Å². The standard InChI is InChI=1S/C28H22O6/c1-19-3-9-22(10-4-19)32-25-15-17-26(18-16-25)34-28(30)21-7-13-24(14-8-21)33-23-11-5-20(6-12-23)27(29)31-2/h3-18H,1-2H3. The van der Waals surface area contributed by atoms with Crippen LogP contribution in [0.5, 0.6) is 28.7 Å². The van der Waals surface area contributed by atoms with Crippen LogP contribution in [0.25, 0.3) is 0 Å². The van der Waals surface area contributed by atoms with Gasteiger partial charge in [0.15, 0.2) is 0 Å². The largest absolute Gasteiger partial charge is 0.465 e. The molecule has 0 aromatic heterocycles. The molecule has 34 heavy (non-hydrogen) atoms. The van der Waals surface area contributed by atoms with Crippen LogP contribution in [0.15, 0.2) is 97.1 Å². The fourth-order valence-corrected chi connectivity index (χ4v) is 3.06. The Labute approximate surface area is 197 Å². The first-order valence-corrected chi connectivity index (χ1v) is 10.5. The molecule has 0 aliphatic carbocycles. The molecule has 0 unspecified atom stereocenters. The summed E-state index contributed by atoms with van der Waals surface area (Å²) < 4.78 is 21.7. The van der Waals surface area contributed by atoms with Crippen molar-refractivity contribution < 1.29 is 28.5 Å². The van der Waals surface area contributed by atoms with Crippen LogP contribution in [0.3, 0.4) is 0 Å². The van der Waals surface area contributed by atoms with Gasteiger partial charge in [-0.3, -0.25) is 0 Å². The molecular weight excluding hydrogens is 432 g/mol. The first kappa shape index (κ1) is 22.6. The topological polar surface area (TPSA) is 71.1 Å². The number of ether oxygens (including phenoxy) is 4. The maximum atomic E-state index is 12.5. The predicted molar refractivity (Wildman–Crippen MR) is 127 cm³/mol. The zero-order chi connectivity index (χ0) is 23.9. The molecule has 0 bridgehead atoms. The minimum atomic E-state index is -0.485. The molecular formula is C28H22O6. The Balaban J connectivity index is 1.33. The smallest absolute Gasteiger partial charge is 0.343 e. The summed E-state index contributed by atoms with van der Waals surface area (Å²) in [7, 11) is 1.33. The minimum Gasteiger partial charge on any atom is -0.465 e. The monoisotopic (exact) mass is 454 g/mol. The summed E-state index contributed by atoms with van der Waals surface area (Å²) in [6.07, 6.45) is 0. The molecule has 4 aromatic carbocycles. The molecule has 4 rings (SSSR count). The lowest BCUT2D eigenvalue weighted by molar-refractivity contribution is 0.0600. The van der Waals surface area contributed by atoms with E-state index in [0.717, 1.165) is 11.3 Å². The number of aryl methyl sites for hydroxylation is 1. The van der Waals surface area contributed by atoms with E-state index in [2.05, 4.69) is 4.74 Å². The predicted octanol–water partition coefficient (Wildman–Crippen LogP) is 6.59. The van der Waals surface area contributed by atoms with Crippen molar-refractivity contribution in [3.05, 3.63) is 114 Å². The molecule has 6 nitrogen and oxygen atoms in total. The molecule has 170 valence electrons. The van der Waals surface area contributed by atoms with Gasteiger partial charge in [-0.05, 0) is 91.9 Å². The molecule has 0 aliphatic rings. The van der Waals surface area contributed by atoms with E-state index in [0.29, 0.717) is 34.1 Å². The average Bonchev–Trinajstić information content (AvgIpc) is 2.87. The average molecular weight is 454 g/mol. The third kappa shape index (κ3) is 5.81. The molecule has 0 saturated carbocycles. The molecule has 0 heterocycles. The fraction of sp³-hybridized carbons (Fsp3) is 0.0714. The Morgan fingerprint density at radius 2 is 0.853 bits per heavy atom. The van der Waals surface area contributed by atoms with E-state index < -0.39 is 11.9 Å². The molecule has 0 fully saturated rings. The number of rotatable bonds is 7. The number of hydrogen-bond acceptors (Lipinski definition) is 6. The van der Waals surface area contributed by atoms with Gasteiger partial charge < -0.3 is 18.9 Å². The van der Waals surface area contributed by atoms with Crippen LogP contribution in [0.1, 0.15) is 26.3 Å². The number of methoxy groups -OCH3 is 1. The lowest BCUT2D eigenvalue weighted by Crippen LogP contribution is -2.08. The van der Waals surface area contributed by atoms with Gasteiger partial charge in [-0.25, -0.2) is 9.59 Å². The summed E-state index contributed by atoms with van der Waals surface area (Å²) in [4.78, 5) is 24.0. The van der Waals surface area contributed by atoms with E-state index in [9.17, 15) is 9.59 Å². The number of carbonyl (C=O) groups excluding carboxylic acids is 2. The fourth-order valence-electron chi connectivity index (χ4n) is 3.06. The Hall–Kier alpha value is -4.58. The van der Waals surface area contributed by atoms with Gasteiger partial charge >= 0.3 is 11.9 Å². The molecule has 0 atom stereocenters. The molecule has 0 aliphatic heterocycles. The number of carbonyl (C=O) groups is 2. The van der Waals surface area contributed by atoms with E-state index in [-0.39, 0.29) is 0 Å². The van der Waals surface area contributed by atoms with E-state index >= 15 is 0 Å². The lowest BCUT2D eigenvalue weighted by atomic mass is 10.2. The summed E-state index contributed by atoms with van der Waals surface area (Å²) in [5, 5.41) is 0. The zero-order valence-electron chi connectivity index (χ0n) is 18.7. The van der Waals surface area contributed by atoms with Crippen LogP contribution >= 0.6 is 0 Å². The van der Waals surface area contributed by atoms with Crippen molar-refractivity contribution >= 4 is 11.9 Å².